The van der Waals surface area contributed by atoms with Crippen LogP contribution in [0.2, 0.25) is 25.7 Å². The summed E-state index contributed by atoms with van der Waals surface area (Å²) < 4.78 is 48.1. The lowest BCUT2D eigenvalue weighted by atomic mass is 9.98. The summed E-state index contributed by atoms with van der Waals surface area (Å²) in [6, 6.07) is 4.67. The standard InChI is InChI=1S/C20H25BrF3N3O2Si/c1-30(2,3)7-6-29-12-27-18(11-17(21)25-27)26-5-4-14(20(26)28)8-13-9-15(22)19(24)16(23)10-13/h9-11,14H,4-8,12H2,1-3H3. The molecular weight excluding hydrogens is 479 g/mol. The van der Waals surface area contributed by atoms with Gasteiger partial charge in [0.2, 0.25) is 5.91 Å². The third kappa shape index (κ3) is 5.53. The smallest absolute Gasteiger partial charge is 0.231 e. The van der Waals surface area contributed by atoms with Crippen molar-refractivity contribution in [3.63, 3.8) is 0 Å². The number of anilines is 1. The van der Waals surface area contributed by atoms with E-state index in [1.54, 1.807) is 15.6 Å². The van der Waals surface area contributed by atoms with Gasteiger partial charge in [0.05, 0.1) is 0 Å². The van der Waals surface area contributed by atoms with Gasteiger partial charge in [0.1, 0.15) is 17.2 Å². The van der Waals surface area contributed by atoms with Crippen molar-refractivity contribution in [3.05, 3.63) is 45.8 Å². The lowest BCUT2D eigenvalue weighted by Gasteiger charge is -2.19. The van der Waals surface area contributed by atoms with Gasteiger partial charge in [0.15, 0.2) is 17.5 Å². The maximum atomic E-state index is 13.5. The van der Waals surface area contributed by atoms with Crippen LogP contribution in [0, 0.1) is 23.4 Å². The average molecular weight is 504 g/mol. The number of benzene rings is 1. The predicted octanol–water partition coefficient (Wildman–Crippen LogP) is 4.97. The maximum Gasteiger partial charge on any atom is 0.231 e. The van der Waals surface area contributed by atoms with Crippen LogP contribution in [0.3, 0.4) is 0 Å². The normalized spacial score (nSPS) is 17.2. The van der Waals surface area contributed by atoms with E-state index in [1.807, 2.05) is 0 Å². The molecule has 1 fully saturated rings. The molecular formula is C20H25BrF3N3O2Si. The van der Waals surface area contributed by atoms with Gasteiger partial charge in [-0.3, -0.25) is 9.69 Å². The van der Waals surface area contributed by atoms with Crippen molar-refractivity contribution < 1.29 is 22.7 Å². The number of aromatic nitrogens is 2. The van der Waals surface area contributed by atoms with E-state index >= 15 is 0 Å². The number of rotatable bonds is 8. The molecule has 1 aromatic heterocycles. The van der Waals surface area contributed by atoms with Crippen LogP contribution in [0.1, 0.15) is 12.0 Å². The summed E-state index contributed by atoms with van der Waals surface area (Å²) in [5.74, 6) is -3.98. The van der Waals surface area contributed by atoms with E-state index in [2.05, 4.69) is 40.7 Å². The topological polar surface area (TPSA) is 47.4 Å². The van der Waals surface area contributed by atoms with E-state index in [-0.39, 0.29) is 24.6 Å². The fourth-order valence-electron chi connectivity index (χ4n) is 3.38. The van der Waals surface area contributed by atoms with Crippen molar-refractivity contribution in [3.8, 4) is 0 Å². The first-order chi connectivity index (χ1) is 14.0. The van der Waals surface area contributed by atoms with E-state index in [0.717, 1.165) is 18.2 Å². The van der Waals surface area contributed by atoms with Gasteiger partial charge in [-0.25, -0.2) is 17.9 Å². The second-order valence-corrected chi connectivity index (χ2v) is 15.2. The van der Waals surface area contributed by atoms with E-state index < -0.39 is 31.4 Å². The van der Waals surface area contributed by atoms with Crippen molar-refractivity contribution in [1.82, 2.24) is 9.78 Å². The first-order valence-corrected chi connectivity index (χ1v) is 14.3. The molecule has 1 aliphatic rings. The molecule has 0 bridgehead atoms. The lowest BCUT2D eigenvalue weighted by molar-refractivity contribution is -0.120. The highest BCUT2D eigenvalue weighted by atomic mass is 79.9. The number of carbonyl (C=O) groups excluding carboxylic acids is 1. The van der Waals surface area contributed by atoms with Gasteiger partial charge in [0, 0.05) is 33.2 Å². The summed E-state index contributed by atoms with van der Waals surface area (Å²) in [7, 11) is -1.20. The molecule has 1 unspecified atom stereocenters. The Morgan fingerprint density at radius 3 is 2.50 bits per heavy atom. The Hall–Kier alpha value is -1.65. The predicted molar refractivity (Wildman–Crippen MR) is 115 cm³/mol. The Labute approximate surface area is 183 Å². The molecule has 2 aromatic rings. The first kappa shape index (κ1) is 23.0. The number of halogens is 4. The Kier molecular flexibility index (Phi) is 7.08. The Morgan fingerprint density at radius 2 is 1.87 bits per heavy atom. The van der Waals surface area contributed by atoms with Gasteiger partial charge in [0.25, 0.3) is 0 Å². The number of carbonyl (C=O) groups is 1. The maximum absolute atomic E-state index is 13.5. The minimum absolute atomic E-state index is 0.144. The highest BCUT2D eigenvalue weighted by Crippen LogP contribution is 2.30. The summed E-state index contributed by atoms with van der Waals surface area (Å²) in [4.78, 5) is 14.6. The molecule has 0 aliphatic carbocycles. The largest absolute Gasteiger partial charge is 0.359 e. The fraction of sp³-hybridized carbons (Fsp3) is 0.500. The number of hydrogen-bond donors (Lipinski definition) is 0. The summed E-state index contributed by atoms with van der Waals surface area (Å²) in [5, 5.41) is 4.35. The Morgan fingerprint density at radius 1 is 1.20 bits per heavy atom. The molecule has 0 radical (unpaired) electrons. The summed E-state index contributed by atoms with van der Waals surface area (Å²) in [5.41, 5.74) is 0.260. The number of amides is 1. The summed E-state index contributed by atoms with van der Waals surface area (Å²) in [6.45, 7) is 8.14. The molecule has 1 saturated heterocycles. The number of hydrogen-bond acceptors (Lipinski definition) is 3. The van der Waals surface area contributed by atoms with Gasteiger partial charge >= 0.3 is 0 Å². The van der Waals surface area contributed by atoms with Crippen LogP contribution < -0.4 is 4.90 Å². The third-order valence-corrected chi connectivity index (χ3v) is 7.15. The summed E-state index contributed by atoms with van der Waals surface area (Å²) >= 11 is 3.34. The van der Waals surface area contributed by atoms with Crippen molar-refractivity contribution in [2.75, 3.05) is 18.1 Å². The lowest BCUT2D eigenvalue weighted by Crippen LogP contribution is -2.30. The summed E-state index contributed by atoms with van der Waals surface area (Å²) in [6.07, 6.45) is 0.671. The Balaban J connectivity index is 1.67. The molecule has 1 aromatic carbocycles. The van der Waals surface area contributed by atoms with Crippen molar-refractivity contribution >= 4 is 35.7 Å². The quantitative estimate of drug-likeness (QED) is 0.290. The molecule has 0 spiro atoms. The van der Waals surface area contributed by atoms with Crippen LogP contribution in [-0.4, -0.2) is 36.9 Å². The second kappa shape index (κ2) is 9.23. The number of nitrogens with zero attached hydrogens (tertiary/aromatic N) is 3. The molecule has 1 atom stereocenters. The van der Waals surface area contributed by atoms with Crippen LogP contribution in [-0.2, 0) is 22.7 Å². The van der Waals surface area contributed by atoms with Gasteiger partial charge in [-0.1, -0.05) is 19.6 Å². The third-order valence-electron chi connectivity index (χ3n) is 5.06. The zero-order chi connectivity index (χ0) is 22.1. The molecule has 1 amide bonds. The van der Waals surface area contributed by atoms with Crippen LogP contribution >= 0.6 is 15.9 Å². The second-order valence-electron chi connectivity index (χ2n) is 8.73. The zero-order valence-electron chi connectivity index (χ0n) is 17.2. The molecule has 10 heteroatoms. The molecule has 3 rings (SSSR count). The van der Waals surface area contributed by atoms with Crippen LogP contribution in [0.15, 0.2) is 22.8 Å². The minimum Gasteiger partial charge on any atom is -0.359 e. The molecule has 0 saturated carbocycles. The van der Waals surface area contributed by atoms with Gasteiger partial charge in [-0.15, -0.1) is 0 Å². The highest BCUT2D eigenvalue weighted by molar-refractivity contribution is 9.10. The zero-order valence-corrected chi connectivity index (χ0v) is 19.8. The first-order valence-electron chi connectivity index (χ1n) is 9.81. The van der Waals surface area contributed by atoms with Crippen molar-refractivity contribution in [1.29, 1.82) is 0 Å². The molecule has 164 valence electrons. The van der Waals surface area contributed by atoms with Gasteiger partial charge in [-0.2, -0.15) is 5.10 Å². The highest BCUT2D eigenvalue weighted by Gasteiger charge is 2.35. The van der Waals surface area contributed by atoms with E-state index in [9.17, 15) is 18.0 Å². The average Bonchev–Trinajstić information content (AvgIpc) is 3.18. The van der Waals surface area contributed by atoms with E-state index in [0.29, 0.717) is 30.0 Å². The van der Waals surface area contributed by atoms with Crippen LogP contribution in [0.5, 0.6) is 0 Å². The molecule has 30 heavy (non-hydrogen) atoms. The van der Waals surface area contributed by atoms with Crippen LogP contribution in [0.4, 0.5) is 19.0 Å². The van der Waals surface area contributed by atoms with E-state index in [1.165, 1.54) is 0 Å². The SMILES string of the molecule is C[Si](C)(C)CCOCn1nc(Br)cc1N1CCC(Cc2cc(F)c(F)c(F)c2)C1=O. The Bertz CT molecular complexity index is 910. The molecule has 1 aliphatic heterocycles. The number of ether oxygens (including phenoxy) is 1. The van der Waals surface area contributed by atoms with Crippen molar-refractivity contribution in [2.45, 2.75) is 45.3 Å². The van der Waals surface area contributed by atoms with Gasteiger partial charge in [-0.05, 0) is 52.5 Å². The van der Waals surface area contributed by atoms with Crippen molar-refractivity contribution in [2.24, 2.45) is 5.92 Å². The minimum atomic E-state index is -1.50. The van der Waals surface area contributed by atoms with E-state index in [4.69, 9.17) is 4.74 Å². The van der Waals surface area contributed by atoms with Crippen LogP contribution in [0.25, 0.3) is 0 Å². The molecule has 0 N–H and O–H groups in total. The van der Waals surface area contributed by atoms with Gasteiger partial charge < -0.3 is 4.74 Å². The fourth-order valence-corrected chi connectivity index (χ4v) is 4.54. The molecule has 2 heterocycles. The molecule has 5 nitrogen and oxygen atoms in total. The monoisotopic (exact) mass is 503 g/mol.